The molecule has 0 aliphatic carbocycles. The zero-order chi connectivity index (χ0) is 19.3. The molecule has 5 nitrogen and oxygen atoms in total. The van der Waals surface area contributed by atoms with Gasteiger partial charge in [-0.1, -0.05) is 11.6 Å². The highest BCUT2D eigenvalue weighted by molar-refractivity contribution is 6.09. The van der Waals surface area contributed by atoms with Gasteiger partial charge in [0.2, 0.25) is 0 Å². The predicted molar refractivity (Wildman–Crippen MR) is 101 cm³/mol. The van der Waals surface area contributed by atoms with E-state index in [9.17, 15) is 20.1 Å². The maximum Gasteiger partial charge on any atom is 0.189 e. The Labute approximate surface area is 152 Å². The quantitative estimate of drug-likeness (QED) is 0.411. The van der Waals surface area contributed by atoms with E-state index in [0.29, 0.717) is 23.3 Å². The molecule has 0 saturated heterocycles. The lowest BCUT2D eigenvalue weighted by Gasteiger charge is -2.09. The molecule has 0 fully saturated rings. The fourth-order valence-corrected chi connectivity index (χ4v) is 2.38. The van der Waals surface area contributed by atoms with E-state index in [0.717, 1.165) is 5.57 Å². The minimum absolute atomic E-state index is 0.0208. The Hall–Kier alpha value is -3.21. The second kappa shape index (κ2) is 8.25. The van der Waals surface area contributed by atoms with Gasteiger partial charge in [0, 0.05) is 17.2 Å². The molecule has 2 rings (SSSR count). The Bertz CT molecular complexity index is 874. The predicted octanol–water partition coefficient (Wildman–Crippen LogP) is 4.22. The van der Waals surface area contributed by atoms with Gasteiger partial charge in [-0.3, -0.25) is 4.79 Å². The van der Waals surface area contributed by atoms with Gasteiger partial charge < -0.3 is 20.1 Å². The standard InChI is InChI=1S/C21H22O5/c1-13(2)4-8-16-19(23)11-9-17(21(16)25)18(22)10-6-14-5-7-15(26-3)12-20(14)24/h4-7,9-12,23-25H,8H2,1-3H3/b10-6+. The number of aromatic hydroxyl groups is 3. The summed E-state index contributed by atoms with van der Waals surface area (Å²) in [4.78, 5) is 12.4. The Morgan fingerprint density at radius 3 is 2.42 bits per heavy atom. The fraction of sp³-hybridized carbons (Fsp3) is 0.190. The molecule has 2 aromatic carbocycles. The number of carbonyl (C=O) groups is 1. The minimum atomic E-state index is -0.434. The van der Waals surface area contributed by atoms with Gasteiger partial charge in [-0.25, -0.2) is 0 Å². The molecule has 2 aromatic rings. The van der Waals surface area contributed by atoms with E-state index >= 15 is 0 Å². The van der Waals surface area contributed by atoms with E-state index in [1.165, 1.54) is 37.5 Å². The molecule has 26 heavy (non-hydrogen) atoms. The average Bonchev–Trinajstić information content (AvgIpc) is 2.60. The summed E-state index contributed by atoms with van der Waals surface area (Å²) >= 11 is 0. The number of phenols is 3. The molecule has 0 atom stereocenters. The van der Waals surface area contributed by atoms with E-state index in [2.05, 4.69) is 0 Å². The first kappa shape index (κ1) is 19.1. The van der Waals surface area contributed by atoms with Crippen molar-refractivity contribution >= 4 is 11.9 Å². The summed E-state index contributed by atoms with van der Waals surface area (Å²) in [5.74, 6) is -0.251. The lowest BCUT2D eigenvalue weighted by Crippen LogP contribution is -1.98. The molecule has 3 N–H and O–H groups in total. The van der Waals surface area contributed by atoms with E-state index in [1.807, 2.05) is 19.9 Å². The number of phenolic OH excluding ortho intramolecular Hbond substituents is 3. The molecule has 0 heterocycles. The molecule has 0 bridgehead atoms. The van der Waals surface area contributed by atoms with Crippen LogP contribution in [-0.4, -0.2) is 28.2 Å². The monoisotopic (exact) mass is 354 g/mol. The molecule has 0 radical (unpaired) electrons. The molecule has 0 aromatic heterocycles. The van der Waals surface area contributed by atoms with E-state index in [4.69, 9.17) is 4.74 Å². The highest BCUT2D eigenvalue weighted by atomic mass is 16.5. The summed E-state index contributed by atoms with van der Waals surface area (Å²) in [5.41, 5.74) is 1.87. The van der Waals surface area contributed by atoms with Crippen LogP contribution in [0, 0.1) is 0 Å². The van der Waals surface area contributed by atoms with Crippen molar-refractivity contribution in [1.29, 1.82) is 0 Å². The van der Waals surface area contributed by atoms with E-state index < -0.39 is 5.78 Å². The van der Waals surface area contributed by atoms with Gasteiger partial charge in [-0.15, -0.1) is 0 Å². The van der Waals surface area contributed by atoms with Crippen LogP contribution in [0.5, 0.6) is 23.0 Å². The third kappa shape index (κ3) is 4.45. The maximum absolute atomic E-state index is 12.4. The van der Waals surface area contributed by atoms with Crippen molar-refractivity contribution in [3.8, 4) is 23.0 Å². The van der Waals surface area contributed by atoms with Crippen LogP contribution in [0.4, 0.5) is 0 Å². The number of rotatable bonds is 6. The lowest BCUT2D eigenvalue weighted by atomic mass is 10.0. The third-order valence-electron chi connectivity index (χ3n) is 3.89. The van der Waals surface area contributed by atoms with Crippen molar-refractivity contribution in [3.05, 3.63) is 64.7 Å². The van der Waals surface area contributed by atoms with Crippen molar-refractivity contribution in [2.24, 2.45) is 0 Å². The highest BCUT2D eigenvalue weighted by Crippen LogP contribution is 2.32. The average molecular weight is 354 g/mol. The number of carbonyl (C=O) groups excluding carboxylic acids is 1. The van der Waals surface area contributed by atoms with Crippen LogP contribution in [0.15, 0.2) is 48.1 Å². The molecular weight excluding hydrogens is 332 g/mol. The zero-order valence-electron chi connectivity index (χ0n) is 15.0. The molecule has 0 amide bonds. The number of allylic oxidation sites excluding steroid dienone is 3. The van der Waals surface area contributed by atoms with E-state index in [-0.39, 0.29) is 22.8 Å². The molecule has 136 valence electrons. The first-order valence-electron chi connectivity index (χ1n) is 8.10. The first-order valence-corrected chi connectivity index (χ1v) is 8.10. The molecule has 0 unspecified atom stereocenters. The maximum atomic E-state index is 12.4. The summed E-state index contributed by atoms with van der Waals surface area (Å²) < 4.78 is 5.01. The Balaban J connectivity index is 2.29. The van der Waals surface area contributed by atoms with Crippen molar-refractivity contribution in [3.63, 3.8) is 0 Å². The Morgan fingerprint density at radius 1 is 1.08 bits per heavy atom. The van der Waals surface area contributed by atoms with Gasteiger partial charge in [0.05, 0.1) is 12.7 Å². The minimum Gasteiger partial charge on any atom is -0.508 e. The zero-order valence-corrected chi connectivity index (χ0v) is 15.0. The van der Waals surface area contributed by atoms with Gasteiger partial charge in [0.25, 0.3) is 0 Å². The third-order valence-corrected chi connectivity index (χ3v) is 3.89. The van der Waals surface area contributed by atoms with Crippen LogP contribution >= 0.6 is 0 Å². The summed E-state index contributed by atoms with van der Waals surface area (Å²) in [5, 5.41) is 30.2. The number of methoxy groups -OCH3 is 1. The number of ether oxygens (including phenoxy) is 1. The normalized spacial score (nSPS) is 10.7. The van der Waals surface area contributed by atoms with Crippen LogP contribution < -0.4 is 4.74 Å². The SMILES string of the molecule is COc1ccc(/C=C/C(=O)c2ccc(O)c(CC=C(C)C)c2O)c(O)c1. The second-order valence-electron chi connectivity index (χ2n) is 6.07. The first-order chi connectivity index (χ1) is 12.3. The van der Waals surface area contributed by atoms with Crippen LogP contribution in [0.1, 0.15) is 35.3 Å². The van der Waals surface area contributed by atoms with Gasteiger partial charge in [-0.2, -0.15) is 0 Å². The Kier molecular flexibility index (Phi) is 6.07. The van der Waals surface area contributed by atoms with Crippen molar-refractivity contribution in [2.45, 2.75) is 20.3 Å². The summed E-state index contributed by atoms with van der Waals surface area (Å²) in [6.07, 6.45) is 4.90. The van der Waals surface area contributed by atoms with Crippen LogP contribution in [0.3, 0.4) is 0 Å². The van der Waals surface area contributed by atoms with Crippen molar-refractivity contribution in [2.75, 3.05) is 7.11 Å². The summed E-state index contributed by atoms with van der Waals surface area (Å²) in [7, 11) is 1.49. The van der Waals surface area contributed by atoms with E-state index in [1.54, 1.807) is 12.1 Å². The molecule has 5 heteroatoms. The second-order valence-corrected chi connectivity index (χ2v) is 6.07. The summed E-state index contributed by atoms with van der Waals surface area (Å²) in [6.45, 7) is 3.82. The number of benzene rings is 2. The summed E-state index contributed by atoms with van der Waals surface area (Å²) in [6, 6.07) is 7.49. The number of hydrogen-bond donors (Lipinski definition) is 3. The smallest absolute Gasteiger partial charge is 0.189 e. The molecule has 0 aliphatic rings. The van der Waals surface area contributed by atoms with Crippen LogP contribution in [-0.2, 0) is 6.42 Å². The molecule has 0 spiro atoms. The number of hydrogen-bond acceptors (Lipinski definition) is 5. The van der Waals surface area contributed by atoms with Gasteiger partial charge in [-0.05, 0) is 56.7 Å². The topological polar surface area (TPSA) is 87.0 Å². The molecular formula is C21H22O5. The van der Waals surface area contributed by atoms with Crippen LogP contribution in [0.2, 0.25) is 0 Å². The highest BCUT2D eigenvalue weighted by Gasteiger charge is 2.15. The van der Waals surface area contributed by atoms with Gasteiger partial charge in [0.15, 0.2) is 5.78 Å². The van der Waals surface area contributed by atoms with Crippen LogP contribution in [0.25, 0.3) is 6.08 Å². The largest absolute Gasteiger partial charge is 0.508 e. The lowest BCUT2D eigenvalue weighted by molar-refractivity contribution is 0.104. The molecule has 0 aliphatic heterocycles. The fourth-order valence-electron chi connectivity index (χ4n) is 2.38. The number of ketones is 1. The van der Waals surface area contributed by atoms with Crippen molar-refractivity contribution < 1.29 is 24.9 Å². The van der Waals surface area contributed by atoms with Crippen molar-refractivity contribution in [1.82, 2.24) is 0 Å². The molecule has 0 saturated carbocycles. The van der Waals surface area contributed by atoms with Gasteiger partial charge >= 0.3 is 0 Å². The Morgan fingerprint density at radius 2 is 1.81 bits per heavy atom. The van der Waals surface area contributed by atoms with Gasteiger partial charge in [0.1, 0.15) is 23.0 Å².